The van der Waals surface area contributed by atoms with Gasteiger partial charge in [-0.25, -0.2) is 4.68 Å². The lowest BCUT2D eigenvalue weighted by Crippen LogP contribution is -2.32. The van der Waals surface area contributed by atoms with Gasteiger partial charge in [0.05, 0.1) is 12.3 Å². The highest BCUT2D eigenvalue weighted by molar-refractivity contribution is 6.30. The van der Waals surface area contributed by atoms with Crippen molar-refractivity contribution < 1.29 is 9.47 Å². The molecule has 4 heterocycles. The molecular formula is C25H20ClN5O2. The van der Waals surface area contributed by atoms with Crippen LogP contribution in [0.4, 0.5) is 5.95 Å². The van der Waals surface area contributed by atoms with Crippen molar-refractivity contribution in [2.75, 3.05) is 11.9 Å². The summed E-state index contributed by atoms with van der Waals surface area (Å²) in [6.07, 6.45) is 4.81. The number of benzene rings is 2. The SMILES string of the molecule is CCOc1ccc([C@@H]2Oc3ccc(Cl)cc3C3=C2[C@H](c2cccnc2)n2ncnc2N3)cc1. The zero-order chi connectivity index (χ0) is 22.4. The molecule has 2 aromatic carbocycles. The third-order valence-corrected chi connectivity index (χ3v) is 6.11. The van der Waals surface area contributed by atoms with Crippen LogP contribution in [0.25, 0.3) is 5.70 Å². The van der Waals surface area contributed by atoms with E-state index in [1.165, 1.54) is 0 Å². The average molecular weight is 458 g/mol. The summed E-state index contributed by atoms with van der Waals surface area (Å²) >= 11 is 6.38. The number of hydrogen-bond donors (Lipinski definition) is 1. The largest absolute Gasteiger partial charge is 0.494 e. The Labute approximate surface area is 195 Å². The highest BCUT2D eigenvalue weighted by Gasteiger charge is 2.41. The number of hydrogen-bond acceptors (Lipinski definition) is 6. The first-order valence-electron chi connectivity index (χ1n) is 10.7. The van der Waals surface area contributed by atoms with E-state index in [4.69, 9.17) is 21.1 Å². The highest BCUT2D eigenvalue weighted by Crippen LogP contribution is 2.51. The summed E-state index contributed by atoms with van der Waals surface area (Å²) < 4.78 is 14.1. The molecular weight excluding hydrogens is 438 g/mol. The van der Waals surface area contributed by atoms with E-state index in [-0.39, 0.29) is 12.1 Å². The van der Waals surface area contributed by atoms with Gasteiger partial charge in [-0.15, -0.1) is 0 Å². The summed E-state index contributed by atoms with van der Waals surface area (Å²) in [5, 5.41) is 8.64. The Morgan fingerprint density at radius 3 is 2.79 bits per heavy atom. The van der Waals surface area contributed by atoms with Gasteiger partial charge in [0.25, 0.3) is 0 Å². The summed E-state index contributed by atoms with van der Waals surface area (Å²) in [7, 11) is 0. The van der Waals surface area contributed by atoms with Crippen molar-refractivity contribution in [2.24, 2.45) is 0 Å². The fourth-order valence-electron chi connectivity index (χ4n) is 4.48. The lowest BCUT2D eigenvalue weighted by molar-refractivity contribution is 0.223. The lowest BCUT2D eigenvalue weighted by atomic mass is 9.85. The van der Waals surface area contributed by atoms with Gasteiger partial charge >= 0.3 is 0 Å². The predicted octanol–water partition coefficient (Wildman–Crippen LogP) is 5.29. The Hall–Kier alpha value is -3.84. The molecule has 2 aromatic heterocycles. The van der Waals surface area contributed by atoms with Crippen LogP contribution in [0.15, 0.2) is 78.9 Å². The number of fused-ring (bicyclic) bond motifs is 3. The quantitative estimate of drug-likeness (QED) is 0.449. The summed E-state index contributed by atoms with van der Waals surface area (Å²) in [6.45, 7) is 2.59. The Morgan fingerprint density at radius 1 is 1.12 bits per heavy atom. The van der Waals surface area contributed by atoms with Crippen LogP contribution in [0.2, 0.25) is 5.02 Å². The van der Waals surface area contributed by atoms with Crippen LogP contribution >= 0.6 is 11.6 Å². The van der Waals surface area contributed by atoms with E-state index < -0.39 is 0 Å². The maximum absolute atomic E-state index is 6.61. The molecule has 0 saturated carbocycles. The molecule has 6 rings (SSSR count). The van der Waals surface area contributed by atoms with Gasteiger partial charge in [-0.2, -0.15) is 10.1 Å². The van der Waals surface area contributed by atoms with Gasteiger partial charge in [-0.05, 0) is 54.4 Å². The lowest BCUT2D eigenvalue weighted by Gasteiger charge is -2.38. The number of anilines is 1. The van der Waals surface area contributed by atoms with Crippen LogP contribution < -0.4 is 14.8 Å². The van der Waals surface area contributed by atoms with Crippen LogP contribution in [-0.2, 0) is 0 Å². The molecule has 0 unspecified atom stereocenters. The number of aromatic nitrogens is 4. The maximum atomic E-state index is 6.61. The highest BCUT2D eigenvalue weighted by atomic mass is 35.5. The first-order chi connectivity index (χ1) is 16.2. The fraction of sp³-hybridized carbons (Fsp3) is 0.160. The zero-order valence-electron chi connectivity index (χ0n) is 17.8. The summed E-state index contributed by atoms with van der Waals surface area (Å²) in [5.41, 5.74) is 4.82. The van der Waals surface area contributed by atoms with Crippen molar-refractivity contribution in [3.63, 3.8) is 0 Å². The molecule has 4 aromatic rings. The Bertz CT molecular complexity index is 1350. The number of pyridine rings is 1. The van der Waals surface area contributed by atoms with Crippen LogP contribution in [0.3, 0.4) is 0 Å². The second-order valence-corrected chi connectivity index (χ2v) is 8.25. The molecule has 7 nitrogen and oxygen atoms in total. The maximum Gasteiger partial charge on any atom is 0.226 e. The second kappa shape index (κ2) is 7.94. The van der Waals surface area contributed by atoms with Crippen molar-refractivity contribution in [3.8, 4) is 11.5 Å². The zero-order valence-corrected chi connectivity index (χ0v) is 18.5. The molecule has 0 spiro atoms. The number of nitrogens with one attached hydrogen (secondary N) is 1. The first kappa shape index (κ1) is 19.8. The topological polar surface area (TPSA) is 74.1 Å². The minimum atomic E-state index is -0.362. The van der Waals surface area contributed by atoms with Crippen LogP contribution in [-0.4, -0.2) is 26.4 Å². The van der Waals surface area contributed by atoms with Crippen LogP contribution in [0.1, 0.15) is 35.8 Å². The Balaban J connectivity index is 1.58. The number of nitrogens with zero attached hydrogens (tertiary/aromatic N) is 4. The van der Waals surface area contributed by atoms with Crippen molar-refractivity contribution in [3.05, 3.63) is 101 Å². The molecule has 2 atom stereocenters. The smallest absolute Gasteiger partial charge is 0.226 e. The first-order valence-corrected chi connectivity index (χ1v) is 11.1. The van der Waals surface area contributed by atoms with Gasteiger partial charge < -0.3 is 14.8 Å². The second-order valence-electron chi connectivity index (χ2n) is 7.81. The monoisotopic (exact) mass is 457 g/mol. The van der Waals surface area contributed by atoms with Crippen molar-refractivity contribution >= 4 is 23.2 Å². The van der Waals surface area contributed by atoms with E-state index >= 15 is 0 Å². The van der Waals surface area contributed by atoms with E-state index in [0.717, 1.165) is 39.5 Å². The van der Waals surface area contributed by atoms with Gasteiger partial charge in [0.15, 0.2) is 0 Å². The third kappa shape index (κ3) is 3.32. The molecule has 0 fully saturated rings. The number of ether oxygens (including phenoxy) is 2. The van der Waals surface area contributed by atoms with Crippen molar-refractivity contribution in [1.82, 2.24) is 19.7 Å². The fourth-order valence-corrected chi connectivity index (χ4v) is 4.65. The van der Waals surface area contributed by atoms with E-state index in [0.29, 0.717) is 17.6 Å². The molecule has 8 heteroatoms. The number of halogens is 1. The molecule has 0 bridgehead atoms. The molecule has 0 radical (unpaired) electrons. The van der Waals surface area contributed by atoms with E-state index in [1.807, 2.05) is 72.4 Å². The Kier molecular flexibility index (Phi) is 4.77. The summed E-state index contributed by atoms with van der Waals surface area (Å²) in [6, 6.07) is 17.4. The molecule has 2 aliphatic rings. The third-order valence-electron chi connectivity index (χ3n) is 5.87. The average Bonchev–Trinajstić information content (AvgIpc) is 3.32. The van der Waals surface area contributed by atoms with Gasteiger partial charge in [-0.3, -0.25) is 4.98 Å². The van der Waals surface area contributed by atoms with Gasteiger partial charge in [0.2, 0.25) is 5.95 Å². The minimum Gasteiger partial charge on any atom is -0.494 e. The predicted molar refractivity (Wildman–Crippen MR) is 125 cm³/mol. The Morgan fingerprint density at radius 2 is 2.00 bits per heavy atom. The molecule has 0 amide bonds. The standard InChI is InChI=1S/C25H20ClN5O2/c1-2-32-18-8-5-15(6-9-18)24-21-22(19-12-17(26)7-10-20(19)33-24)30-25-28-14-29-31(25)23(21)16-4-3-11-27-13-16/h3-14,23-24H,2H2,1H3,(H,28,29,30)/t23-,24-/m0/s1. The molecule has 2 aliphatic heterocycles. The van der Waals surface area contributed by atoms with Crippen LogP contribution in [0.5, 0.6) is 11.5 Å². The summed E-state index contributed by atoms with van der Waals surface area (Å²) in [5.74, 6) is 2.23. The molecule has 1 N–H and O–H groups in total. The molecule has 33 heavy (non-hydrogen) atoms. The van der Waals surface area contributed by atoms with Gasteiger partial charge in [0, 0.05) is 28.6 Å². The molecule has 164 valence electrons. The van der Waals surface area contributed by atoms with E-state index in [1.54, 1.807) is 12.5 Å². The summed E-state index contributed by atoms with van der Waals surface area (Å²) in [4.78, 5) is 8.80. The number of rotatable bonds is 4. The van der Waals surface area contributed by atoms with Crippen molar-refractivity contribution in [1.29, 1.82) is 0 Å². The van der Waals surface area contributed by atoms with E-state index in [9.17, 15) is 0 Å². The molecule has 0 aliphatic carbocycles. The van der Waals surface area contributed by atoms with Gasteiger partial charge in [-0.1, -0.05) is 29.8 Å². The van der Waals surface area contributed by atoms with Gasteiger partial charge in [0.1, 0.15) is 30.0 Å². The normalized spacial score (nSPS) is 18.5. The molecule has 0 saturated heterocycles. The van der Waals surface area contributed by atoms with Crippen LogP contribution in [0, 0.1) is 0 Å². The van der Waals surface area contributed by atoms with Crippen molar-refractivity contribution in [2.45, 2.75) is 19.1 Å². The minimum absolute atomic E-state index is 0.254. The van der Waals surface area contributed by atoms with E-state index in [2.05, 4.69) is 20.4 Å².